The molecule has 19 heavy (non-hydrogen) atoms. The molecule has 0 radical (unpaired) electrons. The number of amides is 1. The number of carbonyl (C=O) groups is 1. The third kappa shape index (κ3) is 4.09. The first kappa shape index (κ1) is 14.7. The van der Waals surface area contributed by atoms with Crippen molar-refractivity contribution in [2.75, 3.05) is 20.8 Å². The second-order valence-corrected chi connectivity index (χ2v) is 3.52. The van der Waals surface area contributed by atoms with Crippen molar-refractivity contribution >= 4 is 11.8 Å². The van der Waals surface area contributed by atoms with Gasteiger partial charge in [0, 0.05) is 11.6 Å². The number of rotatable bonds is 6. The van der Waals surface area contributed by atoms with Gasteiger partial charge in [-0.25, -0.2) is 10.2 Å². The van der Waals surface area contributed by atoms with Gasteiger partial charge in [0.1, 0.15) is 11.5 Å². The van der Waals surface area contributed by atoms with E-state index in [9.17, 15) is 4.79 Å². The monoisotopic (exact) mass is 266 g/mol. The maximum absolute atomic E-state index is 11.1. The summed E-state index contributed by atoms with van der Waals surface area (Å²) >= 11 is 0. The topological polar surface area (TPSA) is 68.8 Å². The molecule has 1 aromatic carbocycles. The SMILES string of the molecule is C=C(NNC(=O)OCC)c1ccc(OC)cc1OC. The largest absolute Gasteiger partial charge is 0.497 e. The van der Waals surface area contributed by atoms with Crippen LogP contribution in [-0.2, 0) is 4.74 Å². The van der Waals surface area contributed by atoms with Gasteiger partial charge in [0.05, 0.1) is 26.5 Å². The minimum absolute atomic E-state index is 0.297. The molecule has 0 unspecified atom stereocenters. The number of hydrogen-bond donors (Lipinski definition) is 2. The Morgan fingerprint density at radius 3 is 2.58 bits per heavy atom. The lowest BCUT2D eigenvalue weighted by Gasteiger charge is -2.14. The highest BCUT2D eigenvalue weighted by Gasteiger charge is 2.09. The van der Waals surface area contributed by atoms with Crippen molar-refractivity contribution in [3.8, 4) is 11.5 Å². The summed E-state index contributed by atoms with van der Waals surface area (Å²) in [5.74, 6) is 1.26. The number of carbonyl (C=O) groups excluding carboxylic acids is 1. The summed E-state index contributed by atoms with van der Waals surface area (Å²) < 4.78 is 15.1. The highest BCUT2D eigenvalue weighted by Crippen LogP contribution is 2.27. The quantitative estimate of drug-likeness (QED) is 0.770. The Morgan fingerprint density at radius 2 is 2.00 bits per heavy atom. The molecule has 0 aliphatic heterocycles. The predicted octanol–water partition coefficient (Wildman–Crippen LogP) is 1.93. The highest BCUT2D eigenvalue weighted by atomic mass is 16.5. The summed E-state index contributed by atoms with van der Waals surface area (Å²) in [6.07, 6.45) is -0.573. The van der Waals surface area contributed by atoms with Crippen LogP contribution in [0.3, 0.4) is 0 Å². The summed E-state index contributed by atoms with van der Waals surface area (Å²) in [6, 6.07) is 5.28. The fraction of sp³-hybridized carbons (Fsp3) is 0.308. The van der Waals surface area contributed by atoms with Crippen molar-refractivity contribution < 1.29 is 19.0 Å². The van der Waals surface area contributed by atoms with Crippen molar-refractivity contribution in [1.29, 1.82) is 0 Å². The van der Waals surface area contributed by atoms with E-state index in [0.717, 1.165) is 0 Å². The maximum atomic E-state index is 11.1. The molecule has 6 heteroatoms. The van der Waals surface area contributed by atoms with Gasteiger partial charge in [0.15, 0.2) is 0 Å². The number of hydrazine groups is 1. The Kier molecular flexibility index (Phi) is 5.53. The molecule has 1 aromatic rings. The molecule has 0 heterocycles. The second kappa shape index (κ2) is 7.15. The third-order valence-corrected chi connectivity index (χ3v) is 2.32. The van der Waals surface area contributed by atoms with Crippen LogP contribution in [0.25, 0.3) is 5.70 Å². The van der Waals surface area contributed by atoms with Crippen LogP contribution < -0.4 is 20.3 Å². The summed E-state index contributed by atoms with van der Waals surface area (Å²) in [5.41, 5.74) is 6.21. The van der Waals surface area contributed by atoms with Crippen LogP contribution in [0.1, 0.15) is 12.5 Å². The average molecular weight is 266 g/mol. The first-order valence-corrected chi connectivity index (χ1v) is 5.72. The highest BCUT2D eigenvalue weighted by molar-refractivity contribution is 5.72. The van der Waals surface area contributed by atoms with E-state index in [-0.39, 0.29) is 0 Å². The number of methoxy groups -OCH3 is 2. The zero-order valence-electron chi connectivity index (χ0n) is 11.3. The van der Waals surface area contributed by atoms with Crippen LogP contribution in [-0.4, -0.2) is 26.9 Å². The van der Waals surface area contributed by atoms with Crippen LogP contribution >= 0.6 is 0 Å². The van der Waals surface area contributed by atoms with E-state index in [4.69, 9.17) is 14.2 Å². The van der Waals surface area contributed by atoms with Gasteiger partial charge in [-0.05, 0) is 19.1 Å². The van der Waals surface area contributed by atoms with Gasteiger partial charge in [-0.3, -0.25) is 5.43 Å². The molecule has 0 saturated carbocycles. The Morgan fingerprint density at radius 1 is 1.26 bits per heavy atom. The van der Waals surface area contributed by atoms with E-state index in [0.29, 0.717) is 29.4 Å². The van der Waals surface area contributed by atoms with Crippen LogP contribution in [0, 0.1) is 0 Å². The number of ether oxygens (including phenoxy) is 3. The van der Waals surface area contributed by atoms with Crippen LogP contribution in [0.4, 0.5) is 4.79 Å². The fourth-order valence-electron chi connectivity index (χ4n) is 1.41. The maximum Gasteiger partial charge on any atom is 0.425 e. The molecule has 104 valence electrons. The van der Waals surface area contributed by atoms with Crippen molar-refractivity contribution in [2.45, 2.75) is 6.92 Å². The lowest BCUT2D eigenvalue weighted by Crippen LogP contribution is -2.36. The molecule has 0 spiro atoms. The Hall–Kier alpha value is -2.37. The van der Waals surface area contributed by atoms with Gasteiger partial charge < -0.3 is 14.2 Å². The van der Waals surface area contributed by atoms with Crippen molar-refractivity contribution in [3.05, 3.63) is 30.3 Å². The Bertz CT molecular complexity index is 460. The Balaban J connectivity index is 2.73. The van der Waals surface area contributed by atoms with E-state index < -0.39 is 6.09 Å². The van der Waals surface area contributed by atoms with Gasteiger partial charge in [0.25, 0.3) is 0 Å². The fourth-order valence-corrected chi connectivity index (χ4v) is 1.41. The number of nitrogens with one attached hydrogen (secondary N) is 2. The molecule has 0 atom stereocenters. The lowest BCUT2D eigenvalue weighted by atomic mass is 10.1. The van der Waals surface area contributed by atoms with Gasteiger partial charge in [0.2, 0.25) is 0 Å². The number of benzene rings is 1. The van der Waals surface area contributed by atoms with Crippen molar-refractivity contribution in [2.24, 2.45) is 0 Å². The first-order chi connectivity index (χ1) is 9.12. The van der Waals surface area contributed by atoms with E-state index >= 15 is 0 Å². The molecular weight excluding hydrogens is 248 g/mol. The molecule has 2 N–H and O–H groups in total. The van der Waals surface area contributed by atoms with Gasteiger partial charge in [-0.1, -0.05) is 6.58 Å². The molecule has 0 aliphatic rings. The van der Waals surface area contributed by atoms with Crippen molar-refractivity contribution in [1.82, 2.24) is 10.9 Å². The summed E-state index contributed by atoms with van der Waals surface area (Å²) in [5, 5.41) is 0. The Labute approximate surface area is 112 Å². The smallest absolute Gasteiger partial charge is 0.425 e. The van der Waals surface area contributed by atoms with Gasteiger partial charge >= 0.3 is 6.09 Å². The summed E-state index contributed by atoms with van der Waals surface area (Å²) in [4.78, 5) is 11.1. The summed E-state index contributed by atoms with van der Waals surface area (Å²) in [7, 11) is 3.12. The first-order valence-electron chi connectivity index (χ1n) is 5.72. The second-order valence-electron chi connectivity index (χ2n) is 3.52. The van der Waals surface area contributed by atoms with E-state index in [1.807, 2.05) is 0 Å². The molecule has 0 bridgehead atoms. The number of hydrogen-bond acceptors (Lipinski definition) is 5. The molecule has 0 fully saturated rings. The third-order valence-electron chi connectivity index (χ3n) is 2.32. The van der Waals surface area contributed by atoms with E-state index in [1.165, 1.54) is 0 Å². The predicted molar refractivity (Wildman–Crippen MR) is 71.9 cm³/mol. The molecule has 1 rings (SSSR count). The standard InChI is InChI=1S/C13H18N2O4/c1-5-19-13(16)15-14-9(2)11-7-6-10(17-3)8-12(11)18-4/h6-8,14H,2,5H2,1,3-4H3,(H,15,16). The van der Waals surface area contributed by atoms with E-state index in [1.54, 1.807) is 39.3 Å². The normalized spacial score (nSPS) is 9.42. The minimum Gasteiger partial charge on any atom is -0.497 e. The molecule has 0 aromatic heterocycles. The zero-order chi connectivity index (χ0) is 14.3. The van der Waals surface area contributed by atoms with Crippen LogP contribution in [0.5, 0.6) is 11.5 Å². The average Bonchev–Trinajstić information content (AvgIpc) is 2.44. The minimum atomic E-state index is -0.573. The van der Waals surface area contributed by atoms with Gasteiger partial charge in [-0.15, -0.1) is 0 Å². The lowest BCUT2D eigenvalue weighted by molar-refractivity contribution is 0.149. The molecule has 0 saturated heterocycles. The van der Waals surface area contributed by atoms with E-state index in [2.05, 4.69) is 17.4 Å². The van der Waals surface area contributed by atoms with Crippen molar-refractivity contribution in [3.63, 3.8) is 0 Å². The molecule has 1 amide bonds. The molecular formula is C13H18N2O4. The van der Waals surface area contributed by atoms with Crippen LogP contribution in [0.15, 0.2) is 24.8 Å². The van der Waals surface area contributed by atoms with Crippen LogP contribution in [0.2, 0.25) is 0 Å². The van der Waals surface area contributed by atoms with Gasteiger partial charge in [-0.2, -0.15) is 0 Å². The molecule has 6 nitrogen and oxygen atoms in total. The molecule has 0 aliphatic carbocycles. The zero-order valence-corrected chi connectivity index (χ0v) is 11.3. The summed E-state index contributed by atoms with van der Waals surface area (Å²) in [6.45, 7) is 5.84.